The number of nitrogens with one attached hydrogen (secondary N) is 3. The van der Waals surface area contributed by atoms with Crippen LogP contribution >= 0.6 is 0 Å². The van der Waals surface area contributed by atoms with Gasteiger partial charge < -0.3 is 21.7 Å². The molecular weight excluding hydrogens is 599 g/mol. The van der Waals surface area contributed by atoms with Gasteiger partial charge >= 0.3 is 0 Å². The van der Waals surface area contributed by atoms with Crippen LogP contribution in [0, 0.1) is 11.3 Å². The lowest BCUT2D eigenvalue weighted by Crippen LogP contribution is -2.39. The molecule has 0 aromatic heterocycles. The molecule has 1 aliphatic rings. The Hall–Kier alpha value is -2.60. The van der Waals surface area contributed by atoms with Gasteiger partial charge in [-0.05, 0) is 83.0 Å². The van der Waals surface area contributed by atoms with E-state index in [4.69, 9.17) is 5.73 Å². The first-order valence-corrected chi connectivity index (χ1v) is 19.1. The van der Waals surface area contributed by atoms with E-state index in [2.05, 4.69) is 133 Å². The molecule has 1 fully saturated rings. The van der Waals surface area contributed by atoms with Crippen LogP contribution in [0.3, 0.4) is 0 Å². The highest BCUT2D eigenvalue weighted by Gasteiger charge is 2.32. The topological polar surface area (TPSA) is 65.3 Å². The smallest absolute Gasteiger partial charge is 0.0489 e. The lowest BCUT2D eigenvalue weighted by atomic mass is 9.89. The number of aryl methyl sites for hydroxylation is 1. The van der Waals surface area contributed by atoms with Crippen LogP contribution in [0.5, 0.6) is 0 Å². The first-order chi connectivity index (χ1) is 23.4. The van der Waals surface area contributed by atoms with Gasteiger partial charge in [0.1, 0.15) is 0 Å². The van der Waals surface area contributed by atoms with Crippen molar-refractivity contribution in [3.63, 3.8) is 0 Å². The van der Waals surface area contributed by atoms with Gasteiger partial charge in [0.2, 0.25) is 0 Å². The number of hydrogen-bond donors (Lipinski definition) is 4. The molecule has 0 amide bonds. The molecule has 1 aromatic rings. The zero-order valence-corrected chi connectivity index (χ0v) is 35.2. The maximum Gasteiger partial charge on any atom is 0.0489 e. The van der Waals surface area contributed by atoms with E-state index in [1.807, 2.05) is 59.9 Å². The molecule has 0 radical (unpaired) electrons. The third-order valence-corrected chi connectivity index (χ3v) is 7.57. The summed E-state index contributed by atoms with van der Waals surface area (Å²) in [4.78, 5) is 2.52. The number of likely N-dealkylation sites (tertiary alicyclic amines) is 1. The van der Waals surface area contributed by atoms with Crippen molar-refractivity contribution in [1.29, 1.82) is 0 Å². The van der Waals surface area contributed by atoms with Gasteiger partial charge in [-0.3, -0.25) is 4.90 Å². The summed E-state index contributed by atoms with van der Waals surface area (Å²) in [5.74, 6) is 0.593. The predicted molar refractivity (Wildman–Crippen MR) is 229 cm³/mol. The van der Waals surface area contributed by atoms with Crippen LogP contribution in [0.15, 0.2) is 93.4 Å². The fourth-order valence-corrected chi connectivity index (χ4v) is 5.19. The average molecular weight is 686 g/mol. The van der Waals surface area contributed by atoms with E-state index < -0.39 is 0 Å². The quantitative estimate of drug-likeness (QED) is 0.138. The molecule has 4 atom stereocenters. The minimum absolute atomic E-state index is 0.296. The van der Waals surface area contributed by atoms with E-state index in [0.29, 0.717) is 29.5 Å². The summed E-state index contributed by atoms with van der Waals surface area (Å²) in [6, 6.07) is 11.9. The van der Waals surface area contributed by atoms with Crippen LogP contribution in [-0.4, -0.2) is 56.8 Å². The van der Waals surface area contributed by atoms with Gasteiger partial charge in [-0.2, -0.15) is 0 Å². The highest BCUT2D eigenvalue weighted by Crippen LogP contribution is 2.30. The van der Waals surface area contributed by atoms with Gasteiger partial charge in [0.05, 0.1) is 0 Å². The van der Waals surface area contributed by atoms with Crippen LogP contribution in [0.1, 0.15) is 120 Å². The average Bonchev–Trinajstić information content (AvgIpc) is 3.48. The number of likely N-dealkylation sites (N-methyl/N-ethyl adjacent to an activating group) is 3. The Morgan fingerprint density at radius 2 is 1.51 bits per heavy atom. The first-order valence-electron chi connectivity index (χ1n) is 19.1. The highest BCUT2D eigenvalue weighted by molar-refractivity contribution is 5.14. The summed E-state index contributed by atoms with van der Waals surface area (Å²) in [5, 5.41) is 10.1. The Morgan fingerprint density at radius 1 is 0.980 bits per heavy atom. The minimum Gasteiger partial charge on any atom is -0.388 e. The van der Waals surface area contributed by atoms with Gasteiger partial charge in [-0.25, -0.2) is 0 Å². The second-order valence-electron chi connectivity index (χ2n) is 12.6. The molecule has 2 rings (SSSR count). The van der Waals surface area contributed by atoms with Crippen LogP contribution in [0.4, 0.5) is 0 Å². The Bertz CT molecular complexity index is 858. The molecule has 1 aromatic carbocycles. The SMILES string of the molecule is C=C.C=CC(NC(=C)CNC)C(CC)CCC1CCC(C(=C)NCC)N1C.C=CCC(C)(C)C.CC.CC.CCN.CCc1ccccc1. The van der Waals surface area contributed by atoms with Crippen molar-refractivity contribution in [3.8, 4) is 0 Å². The van der Waals surface area contributed by atoms with Gasteiger partial charge in [-0.1, -0.05) is 131 Å². The van der Waals surface area contributed by atoms with E-state index in [-0.39, 0.29) is 0 Å². The van der Waals surface area contributed by atoms with Crippen molar-refractivity contribution in [2.45, 2.75) is 139 Å². The molecule has 5 heteroatoms. The summed E-state index contributed by atoms with van der Waals surface area (Å²) >= 11 is 0. The molecule has 0 saturated carbocycles. The zero-order chi connectivity index (χ0) is 39.3. The van der Waals surface area contributed by atoms with E-state index in [1.54, 1.807) is 0 Å². The van der Waals surface area contributed by atoms with Crippen LogP contribution in [-0.2, 0) is 6.42 Å². The number of rotatable bonds is 15. The Kier molecular flexibility index (Phi) is 45.4. The maximum absolute atomic E-state index is 4.85. The molecule has 1 heterocycles. The Labute approximate surface area is 309 Å². The van der Waals surface area contributed by atoms with Gasteiger partial charge in [0, 0.05) is 42.6 Å². The third-order valence-electron chi connectivity index (χ3n) is 7.57. The predicted octanol–water partition coefficient (Wildman–Crippen LogP) is 10.9. The molecule has 49 heavy (non-hydrogen) atoms. The highest BCUT2D eigenvalue weighted by atomic mass is 15.2. The molecule has 5 nitrogen and oxygen atoms in total. The summed E-state index contributed by atoms with van der Waals surface area (Å²) in [7, 11) is 4.20. The molecular formula is C44H87N5. The molecule has 1 aliphatic heterocycles. The molecule has 0 spiro atoms. The summed E-state index contributed by atoms with van der Waals surface area (Å²) in [6.45, 7) is 47.6. The summed E-state index contributed by atoms with van der Waals surface area (Å²) < 4.78 is 0. The van der Waals surface area contributed by atoms with E-state index in [9.17, 15) is 0 Å². The molecule has 0 bridgehead atoms. The van der Waals surface area contributed by atoms with E-state index in [0.717, 1.165) is 44.6 Å². The van der Waals surface area contributed by atoms with Gasteiger partial charge in [0.15, 0.2) is 0 Å². The largest absolute Gasteiger partial charge is 0.388 e. The Balaban J connectivity index is -0.000000218. The lowest BCUT2D eigenvalue weighted by molar-refractivity contribution is 0.229. The number of benzene rings is 1. The maximum atomic E-state index is 4.85. The van der Waals surface area contributed by atoms with E-state index >= 15 is 0 Å². The summed E-state index contributed by atoms with van der Waals surface area (Å²) in [5.41, 5.74) is 8.90. The molecule has 4 unspecified atom stereocenters. The number of nitrogens with two attached hydrogens (primary N) is 1. The summed E-state index contributed by atoms with van der Waals surface area (Å²) in [6.07, 6.45) is 12.3. The lowest BCUT2D eigenvalue weighted by Gasteiger charge is -2.30. The molecule has 288 valence electrons. The van der Waals surface area contributed by atoms with Crippen LogP contribution in [0.2, 0.25) is 0 Å². The fraction of sp³-hybridized carbons (Fsp3) is 0.636. The monoisotopic (exact) mass is 686 g/mol. The first kappa shape index (κ1) is 55.8. The standard InChI is InChI=1S/C21H40N4.C8H10.C7H14.C2H7N.2C2H6.C2H4/c1-8-18(20(9-2)24-16(4)15-22-6)11-12-19-13-14-21(25(19)7)17(5)23-10-3;1-2-8-6-4-3-5-7-8;1-5-6-7(2,3)4;1-2-3;3*1-2/h9,18-24H,2,4-5,8,10-15H2,1,3,6-7H3;3-7H,2H2,1H3;5H,1,6H2,2-4H3;2-3H2,1H3;2*1-2H3;1-2H2. The van der Waals surface area contributed by atoms with Gasteiger partial charge in [0.25, 0.3) is 0 Å². The fourth-order valence-electron chi connectivity index (χ4n) is 5.19. The van der Waals surface area contributed by atoms with Crippen molar-refractivity contribution < 1.29 is 0 Å². The van der Waals surface area contributed by atoms with Gasteiger partial charge in [-0.15, -0.1) is 26.3 Å². The van der Waals surface area contributed by atoms with Crippen LogP contribution < -0.4 is 21.7 Å². The van der Waals surface area contributed by atoms with E-state index in [1.165, 1.54) is 36.9 Å². The molecule has 1 saturated heterocycles. The molecule has 5 N–H and O–H groups in total. The second-order valence-corrected chi connectivity index (χ2v) is 12.6. The van der Waals surface area contributed by atoms with Crippen LogP contribution in [0.25, 0.3) is 0 Å². The second kappa shape index (κ2) is 39.8. The minimum atomic E-state index is 0.296. The molecule has 0 aliphatic carbocycles. The normalized spacial score (nSPS) is 15.6. The van der Waals surface area contributed by atoms with Crippen molar-refractivity contribution in [2.24, 2.45) is 17.1 Å². The van der Waals surface area contributed by atoms with Crippen molar-refractivity contribution in [3.05, 3.63) is 98.9 Å². The van der Waals surface area contributed by atoms with Crippen molar-refractivity contribution in [2.75, 3.05) is 33.7 Å². The zero-order valence-electron chi connectivity index (χ0n) is 35.2. The Morgan fingerprint density at radius 3 is 1.86 bits per heavy atom. The van der Waals surface area contributed by atoms with Crippen molar-refractivity contribution >= 4 is 0 Å². The number of allylic oxidation sites excluding steroid dienone is 1. The third kappa shape index (κ3) is 32.4. The van der Waals surface area contributed by atoms with Crippen molar-refractivity contribution in [1.82, 2.24) is 20.9 Å². The number of nitrogens with zero attached hydrogens (tertiary/aromatic N) is 1. The number of hydrogen-bond acceptors (Lipinski definition) is 5.